The molecule has 0 aromatic heterocycles. The molecule has 110 valence electrons. The molecule has 0 aromatic carbocycles. The van der Waals surface area contributed by atoms with Crippen LogP contribution in [0.3, 0.4) is 0 Å². The standard InChI is InChI=1S/C12H23N3O4/c1-4-5-7-13-12(18)14-10(16)9-15(2)8-6-11(17)19-3/h4-9H2,1-3H3,(H2,13,14,16,18). The van der Waals surface area contributed by atoms with Crippen LogP contribution in [0.15, 0.2) is 0 Å². The van der Waals surface area contributed by atoms with E-state index in [1.807, 2.05) is 6.92 Å². The van der Waals surface area contributed by atoms with E-state index >= 15 is 0 Å². The first-order valence-electron chi connectivity index (χ1n) is 6.32. The van der Waals surface area contributed by atoms with Crippen LogP contribution in [0, 0.1) is 0 Å². The van der Waals surface area contributed by atoms with E-state index in [-0.39, 0.29) is 18.9 Å². The van der Waals surface area contributed by atoms with Gasteiger partial charge in [0.15, 0.2) is 0 Å². The highest BCUT2D eigenvalue weighted by Gasteiger charge is 2.11. The van der Waals surface area contributed by atoms with Crippen molar-refractivity contribution in [3.05, 3.63) is 0 Å². The van der Waals surface area contributed by atoms with E-state index in [2.05, 4.69) is 15.4 Å². The van der Waals surface area contributed by atoms with Gasteiger partial charge in [-0.1, -0.05) is 13.3 Å². The van der Waals surface area contributed by atoms with Crippen LogP contribution in [-0.4, -0.2) is 56.6 Å². The number of unbranched alkanes of at least 4 members (excludes halogenated alkanes) is 1. The van der Waals surface area contributed by atoms with Gasteiger partial charge in [0.05, 0.1) is 20.1 Å². The third-order valence-electron chi connectivity index (χ3n) is 2.41. The molecule has 19 heavy (non-hydrogen) atoms. The number of nitrogens with zero attached hydrogens (tertiary/aromatic N) is 1. The van der Waals surface area contributed by atoms with Gasteiger partial charge in [-0.15, -0.1) is 0 Å². The number of likely N-dealkylation sites (N-methyl/N-ethyl adjacent to an activating group) is 1. The number of hydrogen-bond acceptors (Lipinski definition) is 5. The van der Waals surface area contributed by atoms with Crippen LogP contribution in [0.25, 0.3) is 0 Å². The molecule has 0 aliphatic rings. The van der Waals surface area contributed by atoms with Crippen LogP contribution in [-0.2, 0) is 14.3 Å². The highest BCUT2D eigenvalue weighted by atomic mass is 16.5. The lowest BCUT2D eigenvalue weighted by atomic mass is 10.3. The molecular weight excluding hydrogens is 250 g/mol. The number of urea groups is 1. The number of amides is 3. The van der Waals surface area contributed by atoms with Crippen molar-refractivity contribution in [3.8, 4) is 0 Å². The Bertz CT molecular complexity index is 307. The fraction of sp³-hybridized carbons (Fsp3) is 0.750. The van der Waals surface area contributed by atoms with Gasteiger partial charge in [0.1, 0.15) is 0 Å². The Hall–Kier alpha value is -1.63. The Morgan fingerprint density at radius 2 is 1.95 bits per heavy atom. The van der Waals surface area contributed by atoms with Crippen LogP contribution >= 0.6 is 0 Å². The lowest BCUT2D eigenvalue weighted by Gasteiger charge is -2.15. The van der Waals surface area contributed by atoms with Crippen LogP contribution in [0.2, 0.25) is 0 Å². The molecule has 0 heterocycles. The van der Waals surface area contributed by atoms with Crippen molar-refractivity contribution in [1.82, 2.24) is 15.5 Å². The largest absolute Gasteiger partial charge is 0.469 e. The number of carbonyl (C=O) groups is 3. The Morgan fingerprint density at radius 3 is 2.53 bits per heavy atom. The Kier molecular flexibility index (Phi) is 9.42. The minimum atomic E-state index is -0.486. The zero-order valence-corrected chi connectivity index (χ0v) is 11.8. The summed E-state index contributed by atoms with van der Waals surface area (Å²) in [6.45, 7) is 3.02. The van der Waals surface area contributed by atoms with Gasteiger partial charge < -0.3 is 10.1 Å². The number of hydrogen-bond donors (Lipinski definition) is 2. The van der Waals surface area contributed by atoms with E-state index < -0.39 is 11.9 Å². The van der Waals surface area contributed by atoms with Crippen LogP contribution < -0.4 is 10.6 Å². The zero-order chi connectivity index (χ0) is 14.7. The lowest BCUT2D eigenvalue weighted by Crippen LogP contribution is -2.44. The fourth-order valence-corrected chi connectivity index (χ4v) is 1.30. The third kappa shape index (κ3) is 10.0. The average molecular weight is 273 g/mol. The zero-order valence-electron chi connectivity index (χ0n) is 11.8. The normalized spacial score (nSPS) is 10.1. The van der Waals surface area contributed by atoms with Crippen molar-refractivity contribution in [2.24, 2.45) is 0 Å². The molecule has 0 aromatic rings. The first-order chi connectivity index (χ1) is 8.99. The summed E-state index contributed by atoms with van der Waals surface area (Å²) in [6.07, 6.45) is 2.06. The SMILES string of the molecule is CCCCNC(=O)NC(=O)CN(C)CCC(=O)OC. The second-order valence-corrected chi connectivity index (χ2v) is 4.22. The number of nitrogens with one attached hydrogen (secondary N) is 2. The second-order valence-electron chi connectivity index (χ2n) is 4.22. The number of ether oxygens (including phenoxy) is 1. The molecular formula is C12H23N3O4. The van der Waals surface area contributed by atoms with Crippen molar-refractivity contribution < 1.29 is 19.1 Å². The molecule has 0 saturated carbocycles. The van der Waals surface area contributed by atoms with Crippen LogP contribution in [0.1, 0.15) is 26.2 Å². The molecule has 7 heteroatoms. The van der Waals surface area contributed by atoms with Gasteiger partial charge in [-0.25, -0.2) is 4.79 Å². The summed E-state index contributed by atoms with van der Waals surface area (Å²) in [7, 11) is 3.01. The van der Waals surface area contributed by atoms with Crippen molar-refractivity contribution in [2.45, 2.75) is 26.2 Å². The van der Waals surface area contributed by atoms with Crippen molar-refractivity contribution >= 4 is 17.9 Å². The average Bonchev–Trinajstić information content (AvgIpc) is 2.35. The van der Waals surface area contributed by atoms with Gasteiger partial charge in [-0.2, -0.15) is 0 Å². The maximum atomic E-state index is 11.5. The molecule has 7 nitrogen and oxygen atoms in total. The summed E-state index contributed by atoms with van der Waals surface area (Å²) >= 11 is 0. The quantitative estimate of drug-likeness (QED) is 0.484. The minimum Gasteiger partial charge on any atom is -0.469 e. The summed E-state index contributed by atoms with van der Waals surface area (Å²) in [5.74, 6) is -0.731. The first kappa shape index (κ1) is 17.4. The number of rotatable bonds is 8. The highest BCUT2D eigenvalue weighted by Crippen LogP contribution is 1.90. The predicted octanol–water partition coefficient (Wildman–Crippen LogP) is 0.107. The number of carbonyl (C=O) groups excluding carboxylic acids is 3. The van der Waals surface area contributed by atoms with E-state index in [1.54, 1.807) is 11.9 Å². The van der Waals surface area contributed by atoms with Crippen molar-refractivity contribution in [1.29, 1.82) is 0 Å². The minimum absolute atomic E-state index is 0.0538. The molecule has 0 aliphatic heterocycles. The summed E-state index contributed by atoms with van der Waals surface area (Å²) in [5, 5.41) is 4.81. The van der Waals surface area contributed by atoms with Crippen LogP contribution in [0.4, 0.5) is 4.79 Å². The fourth-order valence-electron chi connectivity index (χ4n) is 1.30. The van der Waals surface area contributed by atoms with E-state index in [9.17, 15) is 14.4 Å². The molecule has 3 amide bonds. The summed E-state index contributed by atoms with van der Waals surface area (Å²) in [6, 6.07) is -0.486. The molecule has 0 bridgehead atoms. The molecule has 2 N–H and O–H groups in total. The number of imide groups is 1. The Morgan fingerprint density at radius 1 is 1.26 bits per heavy atom. The predicted molar refractivity (Wildman–Crippen MR) is 70.6 cm³/mol. The maximum absolute atomic E-state index is 11.5. The van der Waals surface area contributed by atoms with Gasteiger partial charge in [0.2, 0.25) is 5.91 Å². The Balaban J connectivity index is 3.77. The summed E-state index contributed by atoms with van der Waals surface area (Å²) in [4.78, 5) is 35.3. The van der Waals surface area contributed by atoms with Gasteiger partial charge in [0.25, 0.3) is 0 Å². The molecule has 0 rings (SSSR count). The Labute approximate surface area is 113 Å². The first-order valence-corrected chi connectivity index (χ1v) is 6.32. The van der Waals surface area contributed by atoms with Gasteiger partial charge in [0, 0.05) is 13.1 Å². The summed E-state index contributed by atoms with van der Waals surface area (Å²) in [5.41, 5.74) is 0. The topological polar surface area (TPSA) is 87.7 Å². The second kappa shape index (κ2) is 10.3. The molecule has 0 unspecified atom stereocenters. The van der Waals surface area contributed by atoms with Gasteiger partial charge >= 0.3 is 12.0 Å². The molecule has 0 atom stereocenters. The monoisotopic (exact) mass is 273 g/mol. The molecule has 0 aliphatic carbocycles. The van der Waals surface area contributed by atoms with E-state index in [1.165, 1.54) is 7.11 Å². The van der Waals surface area contributed by atoms with Crippen LogP contribution in [0.5, 0.6) is 0 Å². The van der Waals surface area contributed by atoms with E-state index in [0.717, 1.165) is 12.8 Å². The lowest BCUT2D eigenvalue weighted by molar-refractivity contribution is -0.141. The number of esters is 1. The van der Waals surface area contributed by atoms with Gasteiger partial charge in [-0.3, -0.25) is 19.8 Å². The smallest absolute Gasteiger partial charge is 0.321 e. The number of methoxy groups -OCH3 is 1. The van der Waals surface area contributed by atoms with Crippen molar-refractivity contribution in [2.75, 3.05) is 33.8 Å². The highest BCUT2D eigenvalue weighted by molar-refractivity contribution is 5.95. The van der Waals surface area contributed by atoms with E-state index in [0.29, 0.717) is 13.1 Å². The molecule has 0 spiro atoms. The van der Waals surface area contributed by atoms with Gasteiger partial charge in [-0.05, 0) is 13.5 Å². The third-order valence-corrected chi connectivity index (χ3v) is 2.41. The molecule has 0 saturated heterocycles. The maximum Gasteiger partial charge on any atom is 0.321 e. The summed E-state index contributed by atoms with van der Waals surface area (Å²) < 4.78 is 4.49. The molecule has 0 fully saturated rings. The van der Waals surface area contributed by atoms with E-state index in [4.69, 9.17) is 0 Å². The molecule has 0 radical (unpaired) electrons. The van der Waals surface area contributed by atoms with Crippen molar-refractivity contribution in [3.63, 3.8) is 0 Å².